The van der Waals surface area contributed by atoms with Crippen molar-refractivity contribution in [2.24, 2.45) is 0 Å². The molecule has 0 bridgehead atoms. The van der Waals surface area contributed by atoms with Crippen LogP contribution in [0.4, 0.5) is 5.69 Å². The zero-order chi connectivity index (χ0) is 10.1. The highest BCUT2D eigenvalue weighted by Gasteiger charge is 2.21. The number of phenolic OH excluding ortho intramolecular Hbond substituents is 1. The molecule has 0 aromatic heterocycles. The summed E-state index contributed by atoms with van der Waals surface area (Å²) in [4.78, 5) is 0. The molecular formula is C10H10ClNOS. The van der Waals surface area contributed by atoms with Gasteiger partial charge < -0.3 is 5.11 Å². The van der Waals surface area contributed by atoms with Gasteiger partial charge in [-0.15, -0.1) is 11.6 Å². The molecule has 1 aromatic rings. The highest BCUT2D eigenvalue weighted by molar-refractivity contribution is 8.03. The summed E-state index contributed by atoms with van der Waals surface area (Å²) in [5, 5.41) is 9.14. The molecule has 0 saturated carbocycles. The SMILES string of the molecule is CC1=CN(c2ccc(O)cc2)SC1Cl. The largest absolute Gasteiger partial charge is 0.508 e. The van der Waals surface area contributed by atoms with Crippen molar-refractivity contribution < 1.29 is 5.11 Å². The summed E-state index contributed by atoms with van der Waals surface area (Å²) < 4.78 is 2.02. The number of hydrogen-bond donors (Lipinski definition) is 1. The van der Waals surface area contributed by atoms with Crippen LogP contribution in [0, 0.1) is 0 Å². The maximum atomic E-state index is 9.14. The Hall–Kier alpha value is -0.800. The fraction of sp³-hybridized carbons (Fsp3) is 0.200. The maximum Gasteiger partial charge on any atom is 0.121 e. The van der Waals surface area contributed by atoms with Crippen molar-refractivity contribution >= 4 is 29.2 Å². The number of anilines is 1. The van der Waals surface area contributed by atoms with Crippen molar-refractivity contribution in [2.75, 3.05) is 4.31 Å². The molecule has 0 radical (unpaired) electrons. The molecule has 1 N–H and O–H groups in total. The highest BCUT2D eigenvalue weighted by atomic mass is 35.5. The van der Waals surface area contributed by atoms with Gasteiger partial charge in [-0.2, -0.15) is 0 Å². The van der Waals surface area contributed by atoms with Crippen molar-refractivity contribution in [3.05, 3.63) is 36.0 Å². The second kappa shape index (κ2) is 3.75. The molecule has 4 heteroatoms. The van der Waals surface area contributed by atoms with Crippen molar-refractivity contribution in [2.45, 2.75) is 11.6 Å². The average molecular weight is 228 g/mol. The summed E-state index contributed by atoms with van der Waals surface area (Å²) in [5.41, 5.74) is 2.17. The Morgan fingerprint density at radius 2 is 2.00 bits per heavy atom. The number of phenols is 1. The van der Waals surface area contributed by atoms with E-state index in [1.807, 2.05) is 29.6 Å². The van der Waals surface area contributed by atoms with Crippen molar-refractivity contribution in [3.63, 3.8) is 0 Å². The molecule has 1 unspecified atom stereocenters. The summed E-state index contributed by atoms with van der Waals surface area (Å²) in [6, 6.07) is 7.06. The first-order chi connectivity index (χ1) is 6.66. The van der Waals surface area contributed by atoms with E-state index in [0.29, 0.717) is 0 Å². The van der Waals surface area contributed by atoms with Crippen LogP contribution in [0.5, 0.6) is 5.75 Å². The molecule has 0 aliphatic carbocycles. The molecular weight excluding hydrogens is 218 g/mol. The third kappa shape index (κ3) is 1.83. The zero-order valence-corrected chi connectivity index (χ0v) is 9.22. The van der Waals surface area contributed by atoms with E-state index in [2.05, 4.69) is 0 Å². The summed E-state index contributed by atoms with van der Waals surface area (Å²) >= 11 is 7.60. The molecule has 14 heavy (non-hydrogen) atoms. The lowest BCUT2D eigenvalue weighted by atomic mass is 10.3. The van der Waals surface area contributed by atoms with Crippen LogP contribution >= 0.6 is 23.5 Å². The lowest BCUT2D eigenvalue weighted by molar-refractivity contribution is 0.475. The maximum absolute atomic E-state index is 9.14. The third-order valence-corrected chi connectivity index (χ3v) is 3.67. The molecule has 2 rings (SSSR count). The van der Waals surface area contributed by atoms with E-state index >= 15 is 0 Å². The van der Waals surface area contributed by atoms with Crippen LogP contribution in [0.15, 0.2) is 36.0 Å². The Bertz CT molecular complexity index is 363. The fourth-order valence-corrected chi connectivity index (χ4v) is 2.40. The number of aromatic hydroxyl groups is 1. The van der Waals surface area contributed by atoms with Crippen molar-refractivity contribution in [1.29, 1.82) is 0 Å². The van der Waals surface area contributed by atoms with Crippen LogP contribution < -0.4 is 4.31 Å². The van der Waals surface area contributed by atoms with Crippen molar-refractivity contribution in [3.8, 4) is 5.75 Å². The summed E-state index contributed by atoms with van der Waals surface area (Å²) in [5.74, 6) is 0.279. The first-order valence-electron chi connectivity index (χ1n) is 4.24. The predicted molar refractivity (Wildman–Crippen MR) is 61.6 cm³/mol. The smallest absolute Gasteiger partial charge is 0.121 e. The van der Waals surface area contributed by atoms with Crippen LogP contribution in [0.3, 0.4) is 0 Å². The minimum Gasteiger partial charge on any atom is -0.508 e. The molecule has 74 valence electrons. The quantitative estimate of drug-likeness (QED) is 0.588. The van der Waals surface area contributed by atoms with Gasteiger partial charge in [0.05, 0.1) is 5.69 Å². The first-order valence-corrected chi connectivity index (χ1v) is 5.51. The second-order valence-corrected chi connectivity index (χ2v) is 4.91. The monoisotopic (exact) mass is 227 g/mol. The van der Waals surface area contributed by atoms with Gasteiger partial charge in [-0.25, -0.2) is 0 Å². The molecule has 2 nitrogen and oxygen atoms in total. The molecule has 0 amide bonds. The molecule has 0 spiro atoms. The van der Waals surface area contributed by atoms with E-state index in [1.165, 1.54) is 0 Å². The number of alkyl halides is 1. The number of nitrogens with zero attached hydrogens (tertiary/aromatic N) is 1. The van der Waals surface area contributed by atoms with E-state index in [4.69, 9.17) is 16.7 Å². The highest BCUT2D eigenvalue weighted by Crippen LogP contribution is 2.38. The van der Waals surface area contributed by atoms with Crippen LogP contribution in [-0.4, -0.2) is 9.82 Å². The van der Waals surface area contributed by atoms with Gasteiger partial charge in [0.15, 0.2) is 0 Å². The standard InChI is InChI=1S/C10H10ClNOS/c1-7-6-12(14-10(7)11)8-2-4-9(13)5-3-8/h2-6,10,13H,1H3. The summed E-state index contributed by atoms with van der Waals surface area (Å²) in [7, 11) is 0. The van der Waals surface area contributed by atoms with Crippen LogP contribution in [0.1, 0.15) is 6.92 Å². The minimum absolute atomic E-state index is 0.0174. The second-order valence-electron chi connectivity index (χ2n) is 3.14. The van der Waals surface area contributed by atoms with Crippen LogP contribution in [0.2, 0.25) is 0 Å². The number of hydrogen-bond acceptors (Lipinski definition) is 3. The molecule has 1 heterocycles. The fourth-order valence-electron chi connectivity index (χ4n) is 1.19. The molecule has 1 aromatic carbocycles. The lowest BCUT2D eigenvalue weighted by Crippen LogP contribution is -2.01. The van der Waals surface area contributed by atoms with Gasteiger partial charge in [-0.3, -0.25) is 4.31 Å². The molecule has 1 atom stereocenters. The first kappa shape index (κ1) is 9.74. The predicted octanol–water partition coefficient (Wildman–Crippen LogP) is 3.33. The van der Waals surface area contributed by atoms with Gasteiger partial charge in [-0.05, 0) is 48.7 Å². The number of rotatable bonds is 1. The van der Waals surface area contributed by atoms with Gasteiger partial charge in [0.25, 0.3) is 0 Å². The molecule has 1 aliphatic rings. The van der Waals surface area contributed by atoms with Crippen molar-refractivity contribution in [1.82, 2.24) is 0 Å². The Morgan fingerprint density at radius 1 is 1.36 bits per heavy atom. The zero-order valence-electron chi connectivity index (χ0n) is 7.64. The Labute approximate surface area is 92.3 Å². The molecule has 1 aliphatic heterocycles. The minimum atomic E-state index is 0.0174. The lowest BCUT2D eigenvalue weighted by Gasteiger charge is -2.14. The van der Waals surface area contributed by atoms with Gasteiger partial charge in [0.1, 0.15) is 10.5 Å². The van der Waals surface area contributed by atoms with Gasteiger partial charge in [-0.1, -0.05) is 0 Å². The van der Waals surface area contributed by atoms with E-state index in [0.717, 1.165) is 11.3 Å². The van der Waals surface area contributed by atoms with Crippen LogP contribution in [0.25, 0.3) is 0 Å². The Balaban J connectivity index is 2.22. The van der Waals surface area contributed by atoms with Crippen LogP contribution in [-0.2, 0) is 0 Å². The van der Waals surface area contributed by atoms with E-state index in [1.54, 1.807) is 24.1 Å². The topological polar surface area (TPSA) is 23.5 Å². The number of benzene rings is 1. The number of halogens is 1. The molecule has 0 fully saturated rings. The molecule has 0 saturated heterocycles. The Morgan fingerprint density at radius 3 is 2.50 bits per heavy atom. The summed E-state index contributed by atoms with van der Waals surface area (Å²) in [6.07, 6.45) is 2.01. The summed E-state index contributed by atoms with van der Waals surface area (Å²) in [6.45, 7) is 2.01. The van der Waals surface area contributed by atoms with E-state index in [9.17, 15) is 0 Å². The van der Waals surface area contributed by atoms with Gasteiger partial charge in [0, 0.05) is 6.20 Å². The third-order valence-electron chi connectivity index (χ3n) is 1.99. The van der Waals surface area contributed by atoms with Gasteiger partial charge in [0.2, 0.25) is 0 Å². The average Bonchev–Trinajstić information content (AvgIpc) is 2.48. The van der Waals surface area contributed by atoms with Gasteiger partial charge >= 0.3 is 0 Å². The van der Waals surface area contributed by atoms with E-state index in [-0.39, 0.29) is 10.5 Å². The Kier molecular flexibility index (Phi) is 2.61. The normalized spacial score (nSPS) is 21.1. The van der Waals surface area contributed by atoms with E-state index < -0.39 is 0 Å².